The Morgan fingerprint density at radius 1 is 0.600 bits per heavy atom. The normalized spacial score (nSPS) is 11.3. The molecule has 35 heavy (non-hydrogen) atoms. The van der Waals surface area contributed by atoms with Crippen LogP contribution in [0.1, 0.15) is 0 Å². The molecule has 0 aliphatic rings. The van der Waals surface area contributed by atoms with Crippen LogP contribution < -0.4 is 0 Å². The molecule has 4 aromatic carbocycles. The number of rotatable bonds is 6. The molecule has 11 heteroatoms. The highest BCUT2D eigenvalue weighted by atomic mass is 32.2. The van der Waals surface area contributed by atoms with E-state index in [0.29, 0.717) is 0 Å². The van der Waals surface area contributed by atoms with Gasteiger partial charge in [0, 0.05) is 23.3 Å². The van der Waals surface area contributed by atoms with Gasteiger partial charge >= 0.3 is 11.4 Å². The van der Waals surface area contributed by atoms with Gasteiger partial charge in [-0.15, -0.1) is 0 Å². The van der Waals surface area contributed by atoms with E-state index in [1.54, 1.807) is 0 Å². The lowest BCUT2D eigenvalue weighted by atomic mass is 10.0. The molecule has 0 radical (unpaired) electrons. The molecule has 4 aromatic rings. The van der Waals surface area contributed by atoms with Crippen LogP contribution >= 0.6 is 0 Å². The predicted octanol–water partition coefficient (Wildman–Crippen LogP) is 5.95. The lowest BCUT2D eigenvalue weighted by Crippen LogP contribution is -2.06. The van der Waals surface area contributed by atoms with Gasteiger partial charge < -0.3 is 0 Å². The van der Waals surface area contributed by atoms with Gasteiger partial charge in [0.2, 0.25) is 21.5 Å². The minimum absolute atomic E-state index is 0.0930. The fourth-order valence-electron chi connectivity index (χ4n) is 3.64. The molecule has 0 heterocycles. The summed E-state index contributed by atoms with van der Waals surface area (Å²) >= 11 is 0. The van der Waals surface area contributed by atoms with Gasteiger partial charge in [-0.2, -0.15) is 8.78 Å². The molecule has 4 rings (SSSR count). The van der Waals surface area contributed by atoms with Crippen LogP contribution in [0, 0.1) is 31.9 Å². The molecule has 0 aromatic heterocycles. The van der Waals surface area contributed by atoms with E-state index in [-0.39, 0.29) is 32.0 Å². The van der Waals surface area contributed by atoms with Crippen molar-refractivity contribution in [1.29, 1.82) is 0 Å². The van der Waals surface area contributed by atoms with Crippen LogP contribution in [0.2, 0.25) is 0 Å². The van der Waals surface area contributed by atoms with Gasteiger partial charge in [-0.1, -0.05) is 48.5 Å². The highest BCUT2D eigenvalue weighted by Gasteiger charge is 2.27. The number of halogens is 2. The average molecular weight is 496 g/mol. The van der Waals surface area contributed by atoms with Crippen LogP contribution in [0.3, 0.4) is 0 Å². The van der Waals surface area contributed by atoms with Crippen molar-refractivity contribution < 1.29 is 27.0 Å². The molecule has 0 atom stereocenters. The first-order valence-corrected chi connectivity index (χ1v) is 11.4. The third-order valence-corrected chi connectivity index (χ3v) is 7.13. The fraction of sp³-hybridized carbons (Fsp3) is 0. The van der Waals surface area contributed by atoms with Crippen LogP contribution in [-0.4, -0.2) is 18.3 Å². The molecule has 0 aliphatic heterocycles. The summed E-state index contributed by atoms with van der Waals surface area (Å²) in [6.45, 7) is 0. The monoisotopic (exact) mass is 496 g/mol. The number of sulfone groups is 1. The molecule has 0 amide bonds. The van der Waals surface area contributed by atoms with E-state index in [1.807, 2.05) is 0 Å². The van der Waals surface area contributed by atoms with Gasteiger partial charge in [0.25, 0.3) is 0 Å². The predicted molar refractivity (Wildman–Crippen MR) is 122 cm³/mol. The summed E-state index contributed by atoms with van der Waals surface area (Å²) in [5.41, 5.74) is -1.23. The number of nitrogens with zero attached hydrogens (tertiary/aromatic N) is 2. The van der Waals surface area contributed by atoms with E-state index < -0.39 is 42.7 Å². The third-order valence-electron chi connectivity index (χ3n) is 5.26. The van der Waals surface area contributed by atoms with Crippen LogP contribution in [0.25, 0.3) is 22.3 Å². The first kappa shape index (κ1) is 23.6. The molecule has 0 fully saturated rings. The summed E-state index contributed by atoms with van der Waals surface area (Å²) in [7, 11) is -4.31. The summed E-state index contributed by atoms with van der Waals surface area (Å²) in [5, 5.41) is 22.4. The maximum atomic E-state index is 13.9. The van der Waals surface area contributed by atoms with Crippen molar-refractivity contribution in [3.63, 3.8) is 0 Å². The Morgan fingerprint density at radius 3 is 1.34 bits per heavy atom. The summed E-state index contributed by atoms with van der Waals surface area (Å²) in [4.78, 5) is 20.1. The van der Waals surface area contributed by atoms with Crippen LogP contribution in [0.4, 0.5) is 20.2 Å². The van der Waals surface area contributed by atoms with E-state index in [1.165, 1.54) is 60.7 Å². The number of hydrogen-bond acceptors (Lipinski definition) is 6. The first-order chi connectivity index (χ1) is 16.6. The molecule has 0 aliphatic carbocycles. The Bertz CT molecular complexity index is 1490. The number of nitro groups is 2. The maximum absolute atomic E-state index is 13.9. The summed E-state index contributed by atoms with van der Waals surface area (Å²) in [5.74, 6) is -2.13. The summed E-state index contributed by atoms with van der Waals surface area (Å²) in [6, 6.07) is 17.5. The Morgan fingerprint density at radius 2 is 0.971 bits per heavy atom. The zero-order chi connectivity index (χ0) is 25.3. The number of nitro benzene ring substituents is 2. The van der Waals surface area contributed by atoms with Crippen LogP contribution in [0.5, 0.6) is 0 Å². The third kappa shape index (κ3) is 4.36. The Kier molecular flexibility index (Phi) is 6.10. The summed E-state index contributed by atoms with van der Waals surface area (Å²) in [6.07, 6.45) is 0. The molecular formula is C24H14F2N2O6S. The molecule has 0 saturated heterocycles. The maximum Gasteiger partial charge on any atom is 0.305 e. The standard InChI is InChI=1S/C24H14F2N2O6S/c25-19-11-9-15(13-21(19)27(29)30)17-5-1-3-7-23(17)35(33,34)24-8-4-2-6-18(24)16-10-12-20(26)22(14-16)28(31)32/h1-14H. The highest BCUT2D eigenvalue weighted by Crippen LogP contribution is 2.38. The molecule has 0 unspecified atom stereocenters. The van der Waals surface area contributed by atoms with Crippen LogP contribution in [-0.2, 0) is 9.84 Å². The van der Waals surface area contributed by atoms with Gasteiger partial charge in [0.1, 0.15) is 0 Å². The van der Waals surface area contributed by atoms with Gasteiger partial charge in [-0.3, -0.25) is 20.2 Å². The highest BCUT2D eigenvalue weighted by molar-refractivity contribution is 7.91. The van der Waals surface area contributed by atoms with Gasteiger partial charge in [-0.05, 0) is 35.4 Å². The van der Waals surface area contributed by atoms with Crippen LogP contribution in [0.15, 0.2) is 94.7 Å². The Hall–Kier alpha value is -4.51. The van der Waals surface area contributed by atoms with Crippen molar-refractivity contribution in [2.75, 3.05) is 0 Å². The molecule has 8 nitrogen and oxygen atoms in total. The SMILES string of the molecule is O=[N+]([O-])c1cc(-c2ccccc2S(=O)(=O)c2ccccc2-c2ccc(F)c([N+](=O)[O-])c2)ccc1F. The smallest absolute Gasteiger partial charge is 0.258 e. The van der Waals surface area contributed by atoms with Crippen molar-refractivity contribution in [1.82, 2.24) is 0 Å². The second-order valence-electron chi connectivity index (χ2n) is 7.34. The Labute approximate surface area is 197 Å². The number of benzene rings is 4. The molecule has 0 bridgehead atoms. The first-order valence-electron chi connectivity index (χ1n) is 9.93. The largest absolute Gasteiger partial charge is 0.305 e. The van der Waals surface area contributed by atoms with E-state index >= 15 is 0 Å². The molecule has 0 N–H and O–H groups in total. The van der Waals surface area contributed by atoms with Crippen molar-refractivity contribution in [3.05, 3.63) is 117 Å². The van der Waals surface area contributed by atoms with E-state index in [9.17, 15) is 37.4 Å². The zero-order valence-electron chi connectivity index (χ0n) is 17.6. The molecule has 0 saturated carbocycles. The minimum Gasteiger partial charge on any atom is -0.258 e. The van der Waals surface area contributed by atoms with Crippen molar-refractivity contribution in [2.24, 2.45) is 0 Å². The van der Waals surface area contributed by atoms with E-state index in [2.05, 4.69) is 0 Å². The van der Waals surface area contributed by atoms with Gasteiger partial charge in [-0.25, -0.2) is 8.42 Å². The summed E-state index contributed by atoms with van der Waals surface area (Å²) < 4.78 is 55.3. The van der Waals surface area contributed by atoms with E-state index in [0.717, 1.165) is 24.3 Å². The zero-order valence-corrected chi connectivity index (χ0v) is 18.4. The van der Waals surface area contributed by atoms with Crippen molar-refractivity contribution in [2.45, 2.75) is 9.79 Å². The lowest BCUT2D eigenvalue weighted by molar-refractivity contribution is -0.387. The average Bonchev–Trinajstić information content (AvgIpc) is 2.84. The van der Waals surface area contributed by atoms with E-state index in [4.69, 9.17) is 0 Å². The second kappa shape index (κ2) is 9.03. The lowest BCUT2D eigenvalue weighted by Gasteiger charge is -2.14. The number of hydrogen-bond donors (Lipinski definition) is 0. The quantitative estimate of drug-likeness (QED) is 0.240. The van der Waals surface area contributed by atoms with Gasteiger partial charge in [0.05, 0.1) is 19.6 Å². The molecular weight excluding hydrogens is 482 g/mol. The Balaban J connectivity index is 1.92. The van der Waals surface area contributed by atoms with Gasteiger partial charge in [0.15, 0.2) is 0 Å². The minimum atomic E-state index is -4.31. The van der Waals surface area contributed by atoms with Crippen molar-refractivity contribution >= 4 is 21.2 Å². The topological polar surface area (TPSA) is 120 Å². The molecule has 0 spiro atoms. The second-order valence-corrected chi connectivity index (χ2v) is 9.23. The fourth-order valence-corrected chi connectivity index (χ4v) is 5.34. The van der Waals surface area contributed by atoms with Crippen molar-refractivity contribution in [3.8, 4) is 22.3 Å². The molecule has 176 valence electrons.